The van der Waals surface area contributed by atoms with Crippen LogP contribution in [0.4, 0.5) is 0 Å². The molecule has 0 aliphatic heterocycles. The molecule has 1 aliphatic carbocycles. The molecule has 1 aromatic rings. The number of halogens is 2. The van der Waals surface area contributed by atoms with E-state index in [2.05, 4.69) is 0 Å². The van der Waals surface area contributed by atoms with Gasteiger partial charge < -0.3 is 10.0 Å². The maximum atomic E-state index is 12.2. The molecule has 1 aromatic carbocycles. The highest BCUT2D eigenvalue weighted by Crippen LogP contribution is 2.32. The van der Waals surface area contributed by atoms with Crippen molar-refractivity contribution in [3.8, 4) is 0 Å². The second-order valence-electron chi connectivity index (χ2n) is 6.13. The van der Waals surface area contributed by atoms with Crippen LogP contribution in [0.25, 0.3) is 0 Å². The number of carbonyl (C=O) groups is 1. The quantitative estimate of drug-likeness (QED) is 0.826. The largest absolute Gasteiger partial charge is 0.392 e. The zero-order valence-electron chi connectivity index (χ0n) is 12.9. The average Bonchev–Trinajstić information content (AvgIpc) is 3.20. The van der Waals surface area contributed by atoms with E-state index in [-0.39, 0.29) is 18.6 Å². The number of carbonyl (C=O) groups excluding carboxylic acids is 1. The van der Waals surface area contributed by atoms with Gasteiger partial charge in [0.25, 0.3) is 0 Å². The number of benzene rings is 1. The van der Waals surface area contributed by atoms with E-state index in [9.17, 15) is 9.90 Å². The van der Waals surface area contributed by atoms with Gasteiger partial charge in [-0.1, -0.05) is 23.2 Å². The number of likely N-dealkylation sites (N-methyl/N-ethyl adjacent to an activating group) is 2. The van der Waals surface area contributed by atoms with Crippen molar-refractivity contribution in [1.82, 2.24) is 9.80 Å². The van der Waals surface area contributed by atoms with Crippen molar-refractivity contribution in [2.45, 2.75) is 25.5 Å². The Hall–Kier alpha value is -0.810. The molecular formula is C16H22Cl2N2O2. The number of nitrogens with zero attached hydrogens (tertiary/aromatic N) is 2. The lowest BCUT2D eigenvalue weighted by atomic mass is 10.2. The molecule has 1 saturated carbocycles. The maximum Gasteiger partial charge on any atom is 0.236 e. The number of aliphatic hydroxyl groups excluding tert-OH is 1. The monoisotopic (exact) mass is 344 g/mol. The molecule has 0 saturated heterocycles. The van der Waals surface area contributed by atoms with Crippen LogP contribution in [0.1, 0.15) is 18.4 Å². The lowest BCUT2D eigenvalue weighted by Crippen LogP contribution is -2.39. The van der Waals surface area contributed by atoms with Gasteiger partial charge in [0.2, 0.25) is 5.91 Å². The van der Waals surface area contributed by atoms with Crippen LogP contribution in [0.3, 0.4) is 0 Å². The molecule has 4 nitrogen and oxygen atoms in total. The minimum atomic E-state index is -0.324. The SMILES string of the molecule is CN(CC(=O)N(C)Cc1cc(Cl)cc(Cl)c1)CC(O)C1CC1. The van der Waals surface area contributed by atoms with Crippen LogP contribution in [0, 0.1) is 5.92 Å². The Bertz CT molecular complexity index is 515. The summed E-state index contributed by atoms with van der Waals surface area (Å²) in [4.78, 5) is 15.7. The second kappa shape index (κ2) is 7.64. The predicted molar refractivity (Wildman–Crippen MR) is 89.2 cm³/mol. The molecule has 1 atom stereocenters. The van der Waals surface area contributed by atoms with Gasteiger partial charge in [-0.15, -0.1) is 0 Å². The van der Waals surface area contributed by atoms with Gasteiger partial charge in [0.1, 0.15) is 0 Å². The summed E-state index contributed by atoms with van der Waals surface area (Å²) >= 11 is 11.9. The third-order valence-corrected chi connectivity index (χ3v) is 4.27. The van der Waals surface area contributed by atoms with E-state index in [1.807, 2.05) is 11.9 Å². The topological polar surface area (TPSA) is 43.8 Å². The first-order chi connectivity index (χ1) is 10.3. The lowest BCUT2D eigenvalue weighted by molar-refractivity contribution is -0.131. The van der Waals surface area contributed by atoms with Crippen molar-refractivity contribution < 1.29 is 9.90 Å². The predicted octanol–water partition coefficient (Wildman–Crippen LogP) is 2.65. The van der Waals surface area contributed by atoms with Gasteiger partial charge >= 0.3 is 0 Å². The molecule has 1 amide bonds. The molecule has 1 aliphatic rings. The smallest absolute Gasteiger partial charge is 0.236 e. The number of hydrogen-bond donors (Lipinski definition) is 1. The van der Waals surface area contributed by atoms with Crippen LogP contribution in [0.2, 0.25) is 10.0 Å². The van der Waals surface area contributed by atoms with E-state index in [4.69, 9.17) is 23.2 Å². The first-order valence-corrected chi connectivity index (χ1v) is 8.16. The second-order valence-corrected chi connectivity index (χ2v) is 7.00. The molecule has 0 heterocycles. The average molecular weight is 345 g/mol. The molecule has 6 heteroatoms. The Kier molecular flexibility index (Phi) is 6.09. The highest BCUT2D eigenvalue weighted by atomic mass is 35.5. The molecular weight excluding hydrogens is 323 g/mol. The van der Waals surface area contributed by atoms with Crippen LogP contribution >= 0.6 is 23.2 Å². The summed E-state index contributed by atoms with van der Waals surface area (Å²) in [5, 5.41) is 11.0. The van der Waals surface area contributed by atoms with E-state index in [1.54, 1.807) is 30.1 Å². The number of rotatable bonds is 7. The van der Waals surface area contributed by atoms with Gasteiger partial charge in [0, 0.05) is 30.2 Å². The summed E-state index contributed by atoms with van der Waals surface area (Å²) < 4.78 is 0. The zero-order valence-corrected chi connectivity index (χ0v) is 14.4. The number of amides is 1. The lowest BCUT2D eigenvalue weighted by Gasteiger charge is -2.24. The van der Waals surface area contributed by atoms with Crippen molar-refractivity contribution in [2.24, 2.45) is 5.92 Å². The Balaban J connectivity index is 1.83. The molecule has 0 spiro atoms. The first kappa shape index (κ1) is 17.5. The summed E-state index contributed by atoms with van der Waals surface area (Å²) in [5.41, 5.74) is 0.897. The van der Waals surface area contributed by atoms with E-state index in [1.165, 1.54) is 0 Å². The van der Waals surface area contributed by atoms with Crippen molar-refractivity contribution in [2.75, 3.05) is 27.2 Å². The summed E-state index contributed by atoms with van der Waals surface area (Å²) in [5.74, 6) is 0.422. The van der Waals surface area contributed by atoms with Gasteiger partial charge in [-0.05, 0) is 49.6 Å². The molecule has 2 rings (SSSR count). The minimum Gasteiger partial charge on any atom is -0.392 e. The molecule has 1 fully saturated rings. The third kappa shape index (κ3) is 5.43. The van der Waals surface area contributed by atoms with Crippen molar-refractivity contribution in [3.63, 3.8) is 0 Å². The van der Waals surface area contributed by atoms with Crippen molar-refractivity contribution in [1.29, 1.82) is 0 Å². The Morgan fingerprint density at radius 1 is 1.27 bits per heavy atom. The van der Waals surface area contributed by atoms with Crippen molar-refractivity contribution >= 4 is 29.1 Å². The van der Waals surface area contributed by atoms with E-state index in [0.717, 1.165) is 18.4 Å². The van der Waals surface area contributed by atoms with E-state index >= 15 is 0 Å². The molecule has 122 valence electrons. The zero-order chi connectivity index (χ0) is 16.3. The molecule has 0 radical (unpaired) electrons. The number of aliphatic hydroxyl groups is 1. The standard InChI is InChI=1S/C16H22Cl2N2O2/c1-19(9-15(21)12-3-4-12)10-16(22)20(2)8-11-5-13(17)7-14(18)6-11/h5-7,12,15,21H,3-4,8-10H2,1-2H3. The molecule has 0 aromatic heterocycles. The highest BCUT2D eigenvalue weighted by molar-refractivity contribution is 6.34. The first-order valence-electron chi connectivity index (χ1n) is 7.40. The van der Waals surface area contributed by atoms with Crippen LogP contribution in [0.5, 0.6) is 0 Å². The molecule has 22 heavy (non-hydrogen) atoms. The van der Waals surface area contributed by atoms with Crippen LogP contribution < -0.4 is 0 Å². The Morgan fingerprint density at radius 3 is 2.41 bits per heavy atom. The van der Waals surface area contributed by atoms with E-state index in [0.29, 0.717) is 29.1 Å². The molecule has 1 N–H and O–H groups in total. The summed E-state index contributed by atoms with van der Waals surface area (Å²) in [6.45, 7) is 1.28. The van der Waals surface area contributed by atoms with Gasteiger partial charge in [-0.25, -0.2) is 0 Å². The third-order valence-electron chi connectivity index (χ3n) is 3.84. The van der Waals surface area contributed by atoms with Gasteiger partial charge in [-0.3, -0.25) is 9.69 Å². The minimum absolute atomic E-state index is 0.00148. The van der Waals surface area contributed by atoms with Crippen molar-refractivity contribution in [3.05, 3.63) is 33.8 Å². The Morgan fingerprint density at radius 2 is 1.86 bits per heavy atom. The van der Waals surface area contributed by atoms with Gasteiger partial charge in [-0.2, -0.15) is 0 Å². The van der Waals surface area contributed by atoms with Crippen LogP contribution in [-0.2, 0) is 11.3 Å². The van der Waals surface area contributed by atoms with E-state index < -0.39 is 0 Å². The fourth-order valence-corrected chi connectivity index (χ4v) is 3.00. The molecule has 0 bridgehead atoms. The normalized spacial score (nSPS) is 15.9. The maximum absolute atomic E-state index is 12.2. The number of hydrogen-bond acceptors (Lipinski definition) is 3. The summed E-state index contributed by atoms with van der Waals surface area (Å²) in [7, 11) is 3.61. The van der Waals surface area contributed by atoms with Gasteiger partial charge in [0.15, 0.2) is 0 Å². The highest BCUT2D eigenvalue weighted by Gasteiger charge is 2.30. The summed E-state index contributed by atoms with van der Waals surface area (Å²) in [6, 6.07) is 5.27. The fourth-order valence-electron chi connectivity index (χ4n) is 2.43. The summed E-state index contributed by atoms with van der Waals surface area (Å²) in [6.07, 6.45) is 1.87. The Labute approximate surface area is 141 Å². The van der Waals surface area contributed by atoms with Crippen LogP contribution in [-0.4, -0.2) is 54.1 Å². The molecule has 1 unspecified atom stereocenters. The fraction of sp³-hybridized carbons (Fsp3) is 0.562. The van der Waals surface area contributed by atoms with Crippen LogP contribution in [0.15, 0.2) is 18.2 Å². The van der Waals surface area contributed by atoms with Gasteiger partial charge in [0.05, 0.1) is 12.6 Å².